The molecule has 1 fully saturated rings. The lowest BCUT2D eigenvalue weighted by molar-refractivity contribution is 0.103. The highest BCUT2D eigenvalue weighted by atomic mass is 32.1. The third kappa shape index (κ3) is 2.50. The van der Waals surface area contributed by atoms with Crippen molar-refractivity contribution in [3.63, 3.8) is 0 Å². The molecule has 1 aliphatic carbocycles. The van der Waals surface area contributed by atoms with Crippen LogP contribution in [0.4, 0.5) is 0 Å². The van der Waals surface area contributed by atoms with Gasteiger partial charge in [-0.15, -0.1) is 4.37 Å². The molecule has 0 spiro atoms. The maximum atomic E-state index is 9.83. The molecule has 6 heteroatoms. The summed E-state index contributed by atoms with van der Waals surface area (Å²) in [6.45, 7) is 9.76. The van der Waals surface area contributed by atoms with Crippen LogP contribution in [0.1, 0.15) is 27.7 Å². The van der Waals surface area contributed by atoms with Crippen molar-refractivity contribution in [2.24, 2.45) is 10.8 Å². The summed E-state index contributed by atoms with van der Waals surface area (Å²) in [6, 6.07) is 0.445. The van der Waals surface area contributed by atoms with Gasteiger partial charge >= 0.3 is 0 Å². The molecular weight excluding hydrogens is 250 g/mol. The summed E-state index contributed by atoms with van der Waals surface area (Å²) in [5.74, 6) is 0.478. The van der Waals surface area contributed by atoms with E-state index in [1.165, 1.54) is 0 Å². The van der Waals surface area contributed by atoms with Crippen LogP contribution in [0.25, 0.3) is 0 Å². The van der Waals surface area contributed by atoms with E-state index in [-0.39, 0.29) is 17.4 Å². The fourth-order valence-corrected chi connectivity index (χ4v) is 2.79. The van der Waals surface area contributed by atoms with Gasteiger partial charge in [-0.2, -0.15) is 4.37 Å². The monoisotopic (exact) mass is 271 g/mol. The number of aliphatic hydroxyl groups excluding tert-OH is 1. The predicted octanol–water partition coefficient (Wildman–Crippen LogP) is 1.30. The van der Waals surface area contributed by atoms with Gasteiger partial charge in [0.15, 0.2) is 0 Å². The first-order valence-electron chi connectivity index (χ1n) is 6.17. The summed E-state index contributed by atoms with van der Waals surface area (Å²) in [5, 5.41) is 13.2. The van der Waals surface area contributed by atoms with Gasteiger partial charge in [-0.05, 0) is 10.8 Å². The normalized spacial score (nSPS) is 22.7. The topological polar surface area (TPSA) is 67.3 Å². The smallest absolute Gasteiger partial charge is 0.245 e. The van der Waals surface area contributed by atoms with Crippen LogP contribution in [0.15, 0.2) is 6.20 Å². The van der Waals surface area contributed by atoms with Gasteiger partial charge in [0.25, 0.3) is 0 Å². The third-order valence-corrected chi connectivity index (χ3v) is 4.80. The number of hydrogen-bond donors (Lipinski definition) is 2. The SMILES string of the molecule is CC1(C)C(NCC(O)COc2cnsn2)C1(C)C. The Labute approximate surface area is 112 Å². The molecule has 0 amide bonds. The first-order valence-corrected chi connectivity index (χ1v) is 6.90. The van der Waals surface area contributed by atoms with Crippen molar-refractivity contribution in [1.82, 2.24) is 14.1 Å². The summed E-state index contributed by atoms with van der Waals surface area (Å²) in [4.78, 5) is 0. The van der Waals surface area contributed by atoms with E-state index in [0.29, 0.717) is 18.5 Å². The van der Waals surface area contributed by atoms with Crippen LogP contribution in [0.3, 0.4) is 0 Å². The van der Waals surface area contributed by atoms with Gasteiger partial charge in [0.05, 0.1) is 11.7 Å². The Morgan fingerprint density at radius 3 is 2.61 bits per heavy atom. The van der Waals surface area contributed by atoms with Gasteiger partial charge in [-0.25, -0.2) is 0 Å². The highest BCUT2D eigenvalue weighted by molar-refractivity contribution is 6.99. The van der Waals surface area contributed by atoms with E-state index >= 15 is 0 Å². The molecule has 1 aromatic rings. The molecule has 2 N–H and O–H groups in total. The third-order valence-electron chi connectivity index (χ3n) is 4.34. The van der Waals surface area contributed by atoms with E-state index < -0.39 is 6.10 Å². The molecule has 18 heavy (non-hydrogen) atoms. The van der Waals surface area contributed by atoms with Crippen LogP contribution >= 0.6 is 11.7 Å². The molecule has 0 aliphatic heterocycles. The number of aliphatic hydroxyl groups is 1. The Balaban J connectivity index is 1.69. The van der Waals surface area contributed by atoms with Crippen LogP contribution in [-0.2, 0) is 0 Å². The molecule has 1 atom stereocenters. The fourth-order valence-electron chi connectivity index (χ4n) is 2.42. The van der Waals surface area contributed by atoms with Gasteiger partial charge in [0.2, 0.25) is 5.88 Å². The Kier molecular flexibility index (Phi) is 3.62. The molecular formula is C12H21N3O2S. The lowest BCUT2D eigenvalue weighted by Crippen LogP contribution is -2.34. The Hall–Kier alpha value is -0.720. The number of rotatable bonds is 6. The van der Waals surface area contributed by atoms with Gasteiger partial charge < -0.3 is 15.2 Å². The number of nitrogens with one attached hydrogen (secondary N) is 1. The molecule has 102 valence electrons. The summed E-state index contributed by atoms with van der Waals surface area (Å²) in [7, 11) is 0. The second-order valence-electron chi connectivity index (χ2n) is 6.00. The lowest BCUT2D eigenvalue weighted by Gasteiger charge is -2.12. The molecule has 1 aliphatic rings. The van der Waals surface area contributed by atoms with E-state index in [1.807, 2.05) is 0 Å². The first kappa shape index (κ1) is 13.7. The molecule has 0 radical (unpaired) electrons. The number of nitrogens with zero attached hydrogens (tertiary/aromatic N) is 2. The van der Waals surface area contributed by atoms with E-state index in [1.54, 1.807) is 6.20 Å². The zero-order chi connectivity index (χ0) is 13.4. The molecule has 0 saturated heterocycles. The second kappa shape index (κ2) is 4.75. The van der Waals surface area contributed by atoms with E-state index in [2.05, 4.69) is 41.8 Å². The first-order chi connectivity index (χ1) is 8.35. The largest absolute Gasteiger partial charge is 0.473 e. The zero-order valence-electron chi connectivity index (χ0n) is 11.3. The van der Waals surface area contributed by atoms with E-state index in [4.69, 9.17) is 4.74 Å². The summed E-state index contributed by atoms with van der Waals surface area (Å²) < 4.78 is 13.1. The van der Waals surface area contributed by atoms with Crippen molar-refractivity contribution in [1.29, 1.82) is 0 Å². The van der Waals surface area contributed by atoms with Crippen molar-refractivity contribution in [3.05, 3.63) is 6.20 Å². The average Bonchev–Trinajstić information content (AvgIpc) is 2.71. The van der Waals surface area contributed by atoms with Crippen LogP contribution in [0, 0.1) is 10.8 Å². The Morgan fingerprint density at radius 1 is 1.44 bits per heavy atom. The lowest BCUT2D eigenvalue weighted by atomic mass is 10.0. The fraction of sp³-hybridized carbons (Fsp3) is 0.833. The van der Waals surface area contributed by atoms with Gasteiger partial charge in [0, 0.05) is 12.6 Å². The molecule has 1 heterocycles. The molecule has 1 aromatic heterocycles. The standard InChI is InChI=1S/C12H21N3O2S/c1-11(2)10(12(11,3)4)13-5-8(16)7-17-9-6-14-18-15-9/h6,8,10,13,16H,5,7H2,1-4H3. The van der Waals surface area contributed by atoms with Gasteiger partial charge in [0.1, 0.15) is 18.9 Å². The quantitative estimate of drug-likeness (QED) is 0.816. The summed E-state index contributed by atoms with van der Waals surface area (Å²) >= 11 is 1.10. The number of ether oxygens (including phenoxy) is 1. The van der Waals surface area contributed by atoms with Crippen molar-refractivity contribution in [2.45, 2.75) is 39.8 Å². The molecule has 2 rings (SSSR count). The minimum Gasteiger partial charge on any atom is -0.473 e. The minimum absolute atomic E-state index is 0.242. The van der Waals surface area contributed by atoms with Gasteiger partial charge in [-0.1, -0.05) is 27.7 Å². The maximum Gasteiger partial charge on any atom is 0.245 e. The van der Waals surface area contributed by atoms with Crippen LogP contribution in [0.5, 0.6) is 5.88 Å². The van der Waals surface area contributed by atoms with E-state index in [9.17, 15) is 5.11 Å². The second-order valence-corrected chi connectivity index (χ2v) is 6.55. The number of hydrogen-bond acceptors (Lipinski definition) is 6. The molecule has 0 bridgehead atoms. The Morgan fingerprint density at radius 2 is 2.11 bits per heavy atom. The Bertz CT molecular complexity index is 378. The predicted molar refractivity (Wildman–Crippen MR) is 70.8 cm³/mol. The van der Waals surface area contributed by atoms with Crippen molar-refractivity contribution < 1.29 is 9.84 Å². The van der Waals surface area contributed by atoms with Crippen LogP contribution < -0.4 is 10.1 Å². The molecule has 1 saturated carbocycles. The minimum atomic E-state index is -0.529. The van der Waals surface area contributed by atoms with E-state index in [0.717, 1.165) is 11.7 Å². The summed E-state index contributed by atoms with van der Waals surface area (Å²) in [5.41, 5.74) is 0.568. The van der Waals surface area contributed by atoms with Crippen molar-refractivity contribution in [3.8, 4) is 5.88 Å². The van der Waals surface area contributed by atoms with Gasteiger partial charge in [-0.3, -0.25) is 0 Å². The molecule has 0 aromatic carbocycles. The van der Waals surface area contributed by atoms with Crippen molar-refractivity contribution in [2.75, 3.05) is 13.2 Å². The molecule has 1 unspecified atom stereocenters. The highest BCUT2D eigenvalue weighted by Crippen LogP contribution is 2.62. The zero-order valence-corrected chi connectivity index (χ0v) is 12.1. The van der Waals surface area contributed by atoms with Crippen LogP contribution in [-0.4, -0.2) is 39.2 Å². The number of aromatic nitrogens is 2. The van der Waals surface area contributed by atoms with Crippen LogP contribution in [0.2, 0.25) is 0 Å². The molecule has 5 nitrogen and oxygen atoms in total. The highest BCUT2D eigenvalue weighted by Gasteiger charge is 2.64. The summed E-state index contributed by atoms with van der Waals surface area (Å²) in [6.07, 6.45) is 1.02. The average molecular weight is 271 g/mol. The van der Waals surface area contributed by atoms with Crippen molar-refractivity contribution >= 4 is 11.7 Å². The maximum absolute atomic E-state index is 9.83.